The van der Waals surface area contributed by atoms with Crippen molar-refractivity contribution in [2.75, 3.05) is 13.2 Å². The highest BCUT2D eigenvalue weighted by molar-refractivity contribution is 5.81. The zero-order chi connectivity index (χ0) is 18.4. The number of nitrogens with one attached hydrogen (secondary N) is 1. The van der Waals surface area contributed by atoms with Gasteiger partial charge in [-0.2, -0.15) is 0 Å². The van der Waals surface area contributed by atoms with Crippen LogP contribution >= 0.6 is 0 Å². The molecule has 2 rings (SSSR count). The number of carbonyl (C=O) groups is 2. The lowest BCUT2D eigenvalue weighted by molar-refractivity contribution is -0.150. The third-order valence-electron chi connectivity index (χ3n) is 4.76. The molecule has 0 aliphatic heterocycles. The van der Waals surface area contributed by atoms with Crippen molar-refractivity contribution in [3.05, 3.63) is 28.8 Å². The van der Waals surface area contributed by atoms with E-state index in [-0.39, 0.29) is 25.2 Å². The lowest BCUT2D eigenvalue weighted by Gasteiger charge is -2.29. The van der Waals surface area contributed by atoms with E-state index in [1.54, 1.807) is 0 Å². The van der Waals surface area contributed by atoms with E-state index >= 15 is 0 Å². The van der Waals surface area contributed by atoms with Crippen LogP contribution in [-0.2, 0) is 14.3 Å². The number of benzene rings is 1. The van der Waals surface area contributed by atoms with Crippen LogP contribution in [0.2, 0.25) is 0 Å². The van der Waals surface area contributed by atoms with Crippen LogP contribution in [0.5, 0.6) is 5.75 Å². The molecule has 25 heavy (non-hydrogen) atoms. The fourth-order valence-electron chi connectivity index (χ4n) is 3.49. The van der Waals surface area contributed by atoms with Crippen LogP contribution in [-0.4, -0.2) is 31.1 Å². The molecule has 5 nitrogen and oxygen atoms in total. The highest BCUT2D eigenvalue weighted by atomic mass is 16.6. The molecule has 0 unspecified atom stereocenters. The van der Waals surface area contributed by atoms with E-state index in [0.717, 1.165) is 36.0 Å². The average molecular weight is 347 g/mol. The summed E-state index contributed by atoms with van der Waals surface area (Å²) in [6.45, 7) is 7.61. The zero-order valence-electron chi connectivity index (χ0n) is 15.7. The predicted molar refractivity (Wildman–Crippen MR) is 96.7 cm³/mol. The Balaban J connectivity index is 1.74. The minimum Gasteiger partial charge on any atom is -0.481 e. The first kappa shape index (κ1) is 19.3. The molecule has 2 atom stereocenters. The van der Waals surface area contributed by atoms with Crippen molar-refractivity contribution in [3.63, 3.8) is 0 Å². The molecule has 1 aromatic rings. The van der Waals surface area contributed by atoms with Crippen LogP contribution < -0.4 is 10.1 Å². The molecule has 0 aromatic heterocycles. The molecule has 5 heteroatoms. The highest BCUT2D eigenvalue weighted by Gasteiger charge is 2.23. The average Bonchev–Trinajstić information content (AvgIpc) is 2.54. The van der Waals surface area contributed by atoms with Gasteiger partial charge in [-0.1, -0.05) is 37.5 Å². The van der Waals surface area contributed by atoms with Crippen LogP contribution in [0.15, 0.2) is 12.1 Å². The van der Waals surface area contributed by atoms with Crippen LogP contribution in [0, 0.1) is 26.7 Å². The van der Waals surface area contributed by atoms with Crippen molar-refractivity contribution in [2.45, 2.75) is 59.4 Å². The Morgan fingerprint density at radius 2 is 1.72 bits per heavy atom. The van der Waals surface area contributed by atoms with Gasteiger partial charge in [0.05, 0.1) is 0 Å². The number of esters is 1. The summed E-state index contributed by atoms with van der Waals surface area (Å²) in [6, 6.07) is 4.20. The molecule has 0 spiro atoms. The lowest BCUT2D eigenvalue weighted by Crippen LogP contribution is -2.43. The molecule has 1 aliphatic rings. The SMILES string of the molecule is Cc1cc(C)c(OCC(=O)OCC(=O)N[C@@H]2CCCC[C@@H]2C)c(C)c1. The summed E-state index contributed by atoms with van der Waals surface area (Å²) in [5, 5.41) is 2.97. The quantitative estimate of drug-likeness (QED) is 0.803. The number of rotatable bonds is 6. The number of ether oxygens (including phenoxy) is 2. The molecule has 1 aliphatic carbocycles. The summed E-state index contributed by atoms with van der Waals surface area (Å²) in [5.41, 5.74) is 3.11. The third kappa shape index (κ3) is 5.76. The Hall–Kier alpha value is -2.04. The van der Waals surface area contributed by atoms with Gasteiger partial charge < -0.3 is 14.8 Å². The number of hydrogen-bond donors (Lipinski definition) is 1. The Morgan fingerprint density at radius 3 is 2.36 bits per heavy atom. The van der Waals surface area contributed by atoms with Crippen molar-refractivity contribution in [3.8, 4) is 5.75 Å². The van der Waals surface area contributed by atoms with Gasteiger partial charge in [0.2, 0.25) is 0 Å². The molecule has 0 saturated heterocycles. The Labute approximate surface area is 150 Å². The lowest BCUT2D eigenvalue weighted by atomic mass is 9.86. The molecular weight excluding hydrogens is 318 g/mol. The smallest absolute Gasteiger partial charge is 0.344 e. The van der Waals surface area contributed by atoms with Crippen molar-refractivity contribution >= 4 is 11.9 Å². The first-order chi connectivity index (χ1) is 11.9. The second kappa shape index (κ2) is 8.88. The van der Waals surface area contributed by atoms with E-state index in [0.29, 0.717) is 11.7 Å². The van der Waals surface area contributed by atoms with Crippen LogP contribution in [0.3, 0.4) is 0 Å². The first-order valence-corrected chi connectivity index (χ1v) is 9.02. The molecular formula is C20H29NO4. The summed E-state index contributed by atoms with van der Waals surface area (Å²) < 4.78 is 10.6. The number of aryl methyl sites for hydroxylation is 3. The maximum absolute atomic E-state index is 12.0. The van der Waals surface area contributed by atoms with Crippen LogP contribution in [0.4, 0.5) is 0 Å². The van der Waals surface area contributed by atoms with E-state index in [2.05, 4.69) is 12.2 Å². The summed E-state index contributed by atoms with van der Waals surface area (Å²) in [7, 11) is 0. The Kier molecular flexibility index (Phi) is 6.85. The monoisotopic (exact) mass is 347 g/mol. The van der Waals surface area contributed by atoms with Gasteiger partial charge in [-0.05, 0) is 50.7 Å². The summed E-state index contributed by atoms with van der Waals surface area (Å²) >= 11 is 0. The number of hydrogen-bond acceptors (Lipinski definition) is 4. The van der Waals surface area contributed by atoms with Crippen LogP contribution in [0.25, 0.3) is 0 Å². The fourth-order valence-corrected chi connectivity index (χ4v) is 3.49. The molecule has 138 valence electrons. The van der Waals surface area contributed by atoms with Gasteiger partial charge in [-0.3, -0.25) is 4.79 Å². The van der Waals surface area contributed by atoms with Gasteiger partial charge in [-0.15, -0.1) is 0 Å². The molecule has 1 fully saturated rings. The fraction of sp³-hybridized carbons (Fsp3) is 0.600. The topological polar surface area (TPSA) is 64.6 Å². The highest BCUT2D eigenvalue weighted by Crippen LogP contribution is 2.25. The second-order valence-corrected chi connectivity index (χ2v) is 7.11. The predicted octanol–water partition coefficient (Wildman–Crippen LogP) is 3.23. The molecule has 1 saturated carbocycles. The van der Waals surface area contributed by atoms with E-state index in [9.17, 15) is 9.59 Å². The standard InChI is InChI=1S/C20H29NO4/c1-13-9-15(3)20(16(4)10-13)25-12-19(23)24-11-18(22)21-17-8-6-5-7-14(17)2/h9-10,14,17H,5-8,11-12H2,1-4H3,(H,21,22)/t14-,17+/m0/s1. The van der Waals surface area contributed by atoms with Crippen molar-refractivity contribution in [2.24, 2.45) is 5.92 Å². The van der Waals surface area contributed by atoms with E-state index in [1.807, 2.05) is 32.9 Å². The largest absolute Gasteiger partial charge is 0.481 e. The normalized spacial score (nSPS) is 20.0. The summed E-state index contributed by atoms with van der Waals surface area (Å²) in [6.07, 6.45) is 4.49. The number of carbonyl (C=O) groups excluding carboxylic acids is 2. The van der Waals surface area contributed by atoms with Crippen molar-refractivity contribution in [1.82, 2.24) is 5.32 Å². The van der Waals surface area contributed by atoms with Crippen molar-refractivity contribution in [1.29, 1.82) is 0 Å². The zero-order valence-corrected chi connectivity index (χ0v) is 15.7. The minimum atomic E-state index is -0.536. The molecule has 1 N–H and O–H groups in total. The third-order valence-corrected chi connectivity index (χ3v) is 4.76. The molecule has 1 amide bonds. The van der Waals surface area contributed by atoms with E-state index in [4.69, 9.17) is 9.47 Å². The maximum Gasteiger partial charge on any atom is 0.344 e. The minimum absolute atomic E-state index is 0.189. The molecule has 0 bridgehead atoms. The van der Waals surface area contributed by atoms with E-state index in [1.165, 1.54) is 6.42 Å². The van der Waals surface area contributed by atoms with Gasteiger partial charge in [0.15, 0.2) is 13.2 Å². The van der Waals surface area contributed by atoms with Crippen molar-refractivity contribution < 1.29 is 19.1 Å². The van der Waals surface area contributed by atoms with Gasteiger partial charge >= 0.3 is 5.97 Å². The summed E-state index contributed by atoms with van der Waals surface area (Å²) in [5.74, 6) is 0.397. The second-order valence-electron chi connectivity index (χ2n) is 7.11. The Morgan fingerprint density at radius 1 is 1.08 bits per heavy atom. The molecule has 1 aromatic carbocycles. The maximum atomic E-state index is 12.0. The van der Waals surface area contributed by atoms with Crippen LogP contribution in [0.1, 0.15) is 49.3 Å². The summed E-state index contributed by atoms with van der Waals surface area (Å²) in [4.78, 5) is 23.8. The van der Waals surface area contributed by atoms with Gasteiger partial charge in [-0.25, -0.2) is 4.79 Å². The number of amides is 1. The van der Waals surface area contributed by atoms with Gasteiger partial charge in [0.25, 0.3) is 5.91 Å². The Bertz CT molecular complexity index is 603. The molecule has 0 heterocycles. The molecule has 0 radical (unpaired) electrons. The first-order valence-electron chi connectivity index (χ1n) is 9.02. The van der Waals surface area contributed by atoms with E-state index < -0.39 is 5.97 Å². The van der Waals surface area contributed by atoms with Gasteiger partial charge in [0, 0.05) is 6.04 Å². The van der Waals surface area contributed by atoms with Gasteiger partial charge in [0.1, 0.15) is 5.75 Å².